The van der Waals surface area contributed by atoms with Crippen LogP contribution in [0.15, 0.2) is 40.2 Å². The minimum Gasteiger partial charge on any atom is -0.431 e. The summed E-state index contributed by atoms with van der Waals surface area (Å²) in [5, 5.41) is 6.46. The molecule has 0 radical (unpaired) electrons. The number of aromatic nitrogens is 5. The van der Waals surface area contributed by atoms with Crippen LogP contribution in [0, 0.1) is 0 Å². The maximum atomic E-state index is 5.77. The van der Waals surface area contributed by atoms with Crippen molar-refractivity contribution in [2.24, 2.45) is 0 Å². The highest BCUT2D eigenvalue weighted by atomic mass is 32.2. The average molecular weight is 393 g/mol. The molecule has 134 valence electrons. The molecule has 0 atom stereocenters. The molecule has 0 N–H and O–H groups in total. The monoisotopic (exact) mass is 393 g/mol. The van der Waals surface area contributed by atoms with Crippen molar-refractivity contribution in [3.8, 4) is 0 Å². The molecule has 0 saturated carbocycles. The van der Waals surface area contributed by atoms with E-state index < -0.39 is 0 Å². The standard InChI is InChI=1S/C19H15N5OS2/c1-4-8-14-11(5-1)16-17-22-15(23-24(17)10-20-18(16)27-14)9-26-19-21-12-6-2-3-7-13(12)25-19/h2-3,6-7,10H,1,4-5,8-9H2. The smallest absolute Gasteiger partial charge is 0.257 e. The van der Waals surface area contributed by atoms with Gasteiger partial charge in [-0.2, -0.15) is 0 Å². The molecule has 0 bridgehead atoms. The zero-order valence-corrected chi connectivity index (χ0v) is 16.0. The third-order valence-corrected chi connectivity index (χ3v) is 6.96. The SMILES string of the molecule is c1ccc2oc(SCc3nc4c5c6c(sc5ncn4n3)CCCC6)nc2c1. The second-order valence-electron chi connectivity index (χ2n) is 6.67. The van der Waals surface area contributed by atoms with Gasteiger partial charge in [0, 0.05) is 4.88 Å². The fraction of sp³-hybridized carbons (Fsp3) is 0.263. The van der Waals surface area contributed by atoms with Gasteiger partial charge in [0.2, 0.25) is 0 Å². The quantitative estimate of drug-likeness (QED) is 0.416. The van der Waals surface area contributed by atoms with Crippen LogP contribution in [-0.2, 0) is 18.6 Å². The second kappa shape index (κ2) is 6.03. The molecule has 6 nitrogen and oxygen atoms in total. The molecule has 8 heteroatoms. The lowest BCUT2D eigenvalue weighted by molar-refractivity contribution is 0.489. The number of thiophene rings is 1. The minimum atomic E-state index is 0.613. The summed E-state index contributed by atoms with van der Waals surface area (Å²) < 4.78 is 7.59. The number of aryl methyl sites for hydroxylation is 2. The Morgan fingerprint density at radius 3 is 3.04 bits per heavy atom. The Labute approximate surface area is 162 Å². The molecule has 1 aliphatic rings. The van der Waals surface area contributed by atoms with E-state index in [0.29, 0.717) is 11.0 Å². The van der Waals surface area contributed by atoms with Crippen LogP contribution in [0.1, 0.15) is 29.1 Å². The molecule has 1 aromatic carbocycles. The molecular weight excluding hydrogens is 378 g/mol. The lowest BCUT2D eigenvalue weighted by atomic mass is 9.97. The lowest BCUT2D eigenvalue weighted by Crippen LogP contribution is -1.99. The largest absolute Gasteiger partial charge is 0.431 e. The molecule has 0 fully saturated rings. The van der Waals surface area contributed by atoms with E-state index in [1.54, 1.807) is 6.33 Å². The molecule has 27 heavy (non-hydrogen) atoms. The molecule has 4 aromatic heterocycles. The molecule has 1 aliphatic carbocycles. The van der Waals surface area contributed by atoms with Crippen LogP contribution in [0.4, 0.5) is 0 Å². The van der Waals surface area contributed by atoms with Crippen LogP contribution in [0.3, 0.4) is 0 Å². The van der Waals surface area contributed by atoms with Crippen LogP contribution >= 0.6 is 23.1 Å². The predicted octanol–water partition coefficient (Wildman–Crippen LogP) is 4.65. The van der Waals surface area contributed by atoms with Gasteiger partial charge in [0.15, 0.2) is 17.1 Å². The molecule has 4 heterocycles. The summed E-state index contributed by atoms with van der Waals surface area (Å²) in [4.78, 5) is 16.5. The van der Waals surface area contributed by atoms with Crippen molar-refractivity contribution in [3.63, 3.8) is 0 Å². The molecule has 5 aromatic rings. The number of oxazole rings is 1. The van der Waals surface area contributed by atoms with Gasteiger partial charge in [0.25, 0.3) is 5.22 Å². The van der Waals surface area contributed by atoms with E-state index in [1.807, 2.05) is 40.1 Å². The van der Waals surface area contributed by atoms with Crippen LogP contribution in [0.5, 0.6) is 0 Å². The van der Waals surface area contributed by atoms with E-state index >= 15 is 0 Å². The number of fused-ring (bicyclic) bond motifs is 6. The van der Waals surface area contributed by atoms with Gasteiger partial charge < -0.3 is 4.42 Å². The Kier molecular flexibility index (Phi) is 3.48. The van der Waals surface area contributed by atoms with Crippen LogP contribution in [-0.4, -0.2) is 24.6 Å². The van der Waals surface area contributed by atoms with Gasteiger partial charge >= 0.3 is 0 Å². The average Bonchev–Trinajstić information content (AvgIpc) is 3.39. The first-order chi connectivity index (χ1) is 13.3. The third-order valence-electron chi connectivity index (χ3n) is 4.93. The summed E-state index contributed by atoms with van der Waals surface area (Å²) in [5.41, 5.74) is 4.04. The van der Waals surface area contributed by atoms with E-state index in [-0.39, 0.29) is 0 Å². The fourth-order valence-corrected chi connectivity index (χ4v) is 5.61. The molecular formula is C19H15N5OS2. The summed E-state index contributed by atoms with van der Waals surface area (Å²) >= 11 is 3.33. The highest BCUT2D eigenvalue weighted by molar-refractivity contribution is 7.98. The summed E-state index contributed by atoms with van der Waals surface area (Å²) in [6, 6.07) is 7.79. The first-order valence-electron chi connectivity index (χ1n) is 8.98. The summed E-state index contributed by atoms with van der Waals surface area (Å²) in [5.74, 6) is 1.38. The highest BCUT2D eigenvalue weighted by Gasteiger charge is 2.20. The molecule has 0 aliphatic heterocycles. The first-order valence-corrected chi connectivity index (χ1v) is 10.8. The van der Waals surface area contributed by atoms with Crippen LogP contribution in [0.25, 0.3) is 27.0 Å². The van der Waals surface area contributed by atoms with Gasteiger partial charge in [-0.3, -0.25) is 0 Å². The van der Waals surface area contributed by atoms with Crippen molar-refractivity contribution >= 4 is 50.1 Å². The van der Waals surface area contributed by atoms with E-state index in [1.165, 1.54) is 40.4 Å². The third kappa shape index (κ3) is 2.55. The van der Waals surface area contributed by atoms with Crippen molar-refractivity contribution in [2.75, 3.05) is 0 Å². The van der Waals surface area contributed by atoms with Gasteiger partial charge in [0.1, 0.15) is 16.7 Å². The van der Waals surface area contributed by atoms with Gasteiger partial charge in [0.05, 0.1) is 11.1 Å². The maximum absolute atomic E-state index is 5.77. The maximum Gasteiger partial charge on any atom is 0.257 e. The number of hydrogen-bond acceptors (Lipinski definition) is 7. The Balaban J connectivity index is 1.36. The number of benzene rings is 1. The Morgan fingerprint density at radius 1 is 1.15 bits per heavy atom. The van der Waals surface area contributed by atoms with Crippen LogP contribution < -0.4 is 0 Å². The van der Waals surface area contributed by atoms with Crippen molar-refractivity contribution in [1.29, 1.82) is 0 Å². The first kappa shape index (κ1) is 15.6. The normalized spacial score (nSPS) is 14.4. The Morgan fingerprint density at radius 2 is 2.07 bits per heavy atom. The van der Waals surface area contributed by atoms with Crippen molar-refractivity contribution < 1.29 is 4.42 Å². The summed E-state index contributed by atoms with van der Waals surface area (Å²) in [6.07, 6.45) is 6.58. The zero-order valence-electron chi connectivity index (χ0n) is 14.4. The van der Waals surface area contributed by atoms with Gasteiger partial charge in [-0.25, -0.2) is 19.5 Å². The van der Waals surface area contributed by atoms with Crippen molar-refractivity contribution in [2.45, 2.75) is 36.7 Å². The molecule has 0 saturated heterocycles. The molecule has 0 unspecified atom stereocenters. The molecule has 0 spiro atoms. The van der Waals surface area contributed by atoms with E-state index in [4.69, 9.17) is 9.40 Å². The van der Waals surface area contributed by atoms with Gasteiger partial charge in [-0.1, -0.05) is 23.9 Å². The summed E-state index contributed by atoms with van der Waals surface area (Å²) in [6.45, 7) is 0. The number of nitrogens with zero attached hydrogens (tertiary/aromatic N) is 5. The van der Waals surface area contributed by atoms with Gasteiger partial charge in [-0.15, -0.1) is 16.4 Å². The topological polar surface area (TPSA) is 69.1 Å². The van der Waals surface area contributed by atoms with Crippen molar-refractivity contribution in [1.82, 2.24) is 24.6 Å². The number of para-hydroxylation sites is 2. The van der Waals surface area contributed by atoms with E-state index in [2.05, 4.69) is 15.1 Å². The Hall–Kier alpha value is -2.45. The minimum absolute atomic E-state index is 0.613. The number of hydrogen-bond donors (Lipinski definition) is 0. The lowest BCUT2D eigenvalue weighted by Gasteiger charge is -2.09. The Bertz CT molecular complexity index is 1270. The van der Waals surface area contributed by atoms with E-state index in [0.717, 1.165) is 40.2 Å². The van der Waals surface area contributed by atoms with E-state index in [9.17, 15) is 0 Å². The molecule has 6 rings (SSSR count). The van der Waals surface area contributed by atoms with Crippen LogP contribution in [0.2, 0.25) is 0 Å². The molecule has 0 amide bonds. The summed E-state index contributed by atoms with van der Waals surface area (Å²) in [7, 11) is 0. The fourth-order valence-electron chi connectivity index (χ4n) is 3.70. The predicted molar refractivity (Wildman–Crippen MR) is 106 cm³/mol. The second-order valence-corrected chi connectivity index (χ2v) is 8.68. The van der Waals surface area contributed by atoms with Crippen molar-refractivity contribution in [3.05, 3.63) is 46.9 Å². The number of rotatable bonds is 3. The van der Waals surface area contributed by atoms with Gasteiger partial charge in [-0.05, 0) is 43.4 Å². The number of thioether (sulfide) groups is 1. The zero-order chi connectivity index (χ0) is 17.8. The highest BCUT2D eigenvalue weighted by Crippen LogP contribution is 2.37.